The van der Waals surface area contributed by atoms with Gasteiger partial charge in [0.05, 0.1) is 50.0 Å². The number of carbonyl (C=O) groups excluding carboxylic acids is 3. The average Bonchev–Trinajstić information content (AvgIpc) is 3.57. The predicted octanol–water partition coefficient (Wildman–Crippen LogP) is 3.69. The Morgan fingerprint density at radius 1 is 0.792 bits per heavy atom. The Kier molecular flexibility index (Phi) is 18.3. The number of allylic oxidation sites excluding steroid dienone is 4. The Morgan fingerprint density at radius 3 is 2.08 bits per heavy atom. The van der Waals surface area contributed by atoms with Gasteiger partial charge in [0.1, 0.15) is 48.8 Å². The number of fused-ring (bicyclic) bond motifs is 7. The van der Waals surface area contributed by atoms with Crippen molar-refractivity contribution >= 4 is 17.9 Å². The Labute approximate surface area is 454 Å². The first kappa shape index (κ1) is 61.7. The molecule has 19 heteroatoms. The summed E-state index contributed by atoms with van der Waals surface area (Å²) in [5.74, 6) is -3.47. The van der Waals surface area contributed by atoms with Gasteiger partial charge in [0.2, 0.25) is 0 Å². The summed E-state index contributed by atoms with van der Waals surface area (Å²) in [6.07, 6.45) is -12.6. The molecule has 7 rings (SSSR count). The second-order valence-corrected chi connectivity index (χ2v) is 26.1. The van der Waals surface area contributed by atoms with Crippen LogP contribution in [0.3, 0.4) is 0 Å². The number of methoxy groups -OCH3 is 1. The normalized spacial score (nSPS) is 45.6. The van der Waals surface area contributed by atoms with Crippen LogP contribution in [0.2, 0.25) is 0 Å². The lowest BCUT2D eigenvalue weighted by Gasteiger charge is -2.73. The molecule has 2 aliphatic heterocycles. The van der Waals surface area contributed by atoms with Crippen LogP contribution in [-0.4, -0.2) is 176 Å². The van der Waals surface area contributed by atoms with Gasteiger partial charge in [-0.1, -0.05) is 91.2 Å². The summed E-state index contributed by atoms with van der Waals surface area (Å²) in [4.78, 5) is 40.9. The summed E-state index contributed by atoms with van der Waals surface area (Å²) >= 11 is 0. The second-order valence-electron chi connectivity index (χ2n) is 26.1. The van der Waals surface area contributed by atoms with Crippen molar-refractivity contribution in [2.45, 2.75) is 233 Å². The lowest BCUT2D eigenvalue weighted by atomic mass is 9.32. The number of ether oxygens (including phenoxy) is 7. The van der Waals surface area contributed by atoms with Gasteiger partial charge in [-0.2, -0.15) is 0 Å². The smallest absolute Gasteiger partial charge is 0.337 e. The molecule has 6 fully saturated rings. The summed E-state index contributed by atoms with van der Waals surface area (Å²) in [7, 11) is 1.10. The van der Waals surface area contributed by atoms with E-state index in [2.05, 4.69) is 39.8 Å². The van der Waals surface area contributed by atoms with Gasteiger partial charge in [0, 0.05) is 16.9 Å². The van der Waals surface area contributed by atoms with Crippen molar-refractivity contribution < 1.29 is 93.5 Å². The number of hydrogen-bond donors (Lipinski definition) is 9. The minimum absolute atomic E-state index is 0.0498. The highest BCUT2D eigenvalue weighted by Gasteiger charge is 2.76. The van der Waals surface area contributed by atoms with Crippen molar-refractivity contribution in [1.82, 2.24) is 0 Å². The quantitative estimate of drug-likeness (QED) is 0.0371. The first-order valence-corrected chi connectivity index (χ1v) is 28.0. The van der Waals surface area contributed by atoms with Crippen LogP contribution < -0.4 is 0 Å². The Bertz CT molecular complexity index is 2240. The summed E-state index contributed by atoms with van der Waals surface area (Å²) in [5.41, 5.74) is -2.48. The van der Waals surface area contributed by atoms with E-state index >= 15 is 0 Å². The van der Waals surface area contributed by atoms with Crippen molar-refractivity contribution in [1.29, 1.82) is 0 Å². The lowest BCUT2D eigenvalue weighted by molar-refractivity contribution is -0.375. The van der Waals surface area contributed by atoms with Crippen LogP contribution >= 0.6 is 0 Å². The van der Waals surface area contributed by atoms with E-state index in [4.69, 9.17) is 33.2 Å². The molecule has 1 unspecified atom stereocenters. The summed E-state index contributed by atoms with van der Waals surface area (Å²) in [6.45, 7) is 22.6. The molecule has 7 aliphatic rings. The van der Waals surface area contributed by atoms with E-state index in [1.165, 1.54) is 6.08 Å². The van der Waals surface area contributed by atoms with Gasteiger partial charge in [-0.15, -0.1) is 0 Å². The van der Waals surface area contributed by atoms with Gasteiger partial charge in [-0.25, -0.2) is 9.59 Å². The Morgan fingerprint density at radius 2 is 1.47 bits per heavy atom. The van der Waals surface area contributed by atoms with Crippen LogP contribution in [0, 0.1) is 56.2 Å². The van der Waals surface area contributed by atoms with E-state index < -0.39 is 167 Å². The summed E-state index contributed by atoms with van der Waals surface area (Å²) in [6, 6.07) is 0. The van der Waals surface area contributed by atoms with E-state index in [0.717, 1.165) is 30.2 Å². The molecular formula is C58H92O19. The molecule has 0 radical (unpaired) electrons. The van der Waals surface area contributed by atoms with Crippen molar-refractivity contribution in [2.75, 3.05) is 20.3 Å². The van der Waals surface area contributed by atoms with Gasteiger partial charge < -0.3 is 79.1 Å². The SMILES string of the molecule is CCC(C)C(=O)O[C@H]1[C@H](OC(=O)/C=C(/C)CCC=C(C)C)C(C)(C)C[C@H]2C3=CC[C@@H]4[C@@]5(C)CC[C@H](O[C@@H]6O[C@H](C(=O)OC)[C@@H](O)[C@H](O)[C@H]6O[C@@H]6O[C@H](CO)[C@@H](O)[C@H](O)[C@H]6O)C(C)(C)[C@@H]5CC[C@@]4(C)[C@]3(C)[C@@H](O)[C@@H](O)[C@]21CO. The van der Waals surface area contributed by atoms with Gasteiger partial charge in [-0.05, 0) is 113 Å². The zero-order chi connectivity index (χ0) is 57.3. The molecule has 438 valence electrons. The molecule has 77 heavy (non-hydrogen) atoms. The third-order valence-corrected chi connectivity index (χ3v) is 20.8. The lowest BCUT2D eigenvalue weighted by Crippen LogP contribution is -2.76. The van der Waals surface area contributed by atoms with Crippen LogP contribution in [0.15, 0.2) is 34.9 Å². The maximum absolute atomic E-state index is 14.0. The molecular weight excluding hydrogens is 1000 g/mol. The topological polar surface area (TPSA) is 298 Å². The maximum Gasteiger partial charge on any atom is 0.337 e. The number of aliphatic hydroxyl groups is 9. The number of carbonyl (C=O) groups is 3. The molecule has 0 aromatic heterocycles. The first-order chi connectivity index (χ1) is 35.9. The van der Waals surface area contributed by atoms with Gasteiger partial charge in [0.15, 0.2) is 24.8 Å². The van der Waals surface area contributed by atoms with Crippen molar-refractivity contribution in [2.24, 2.45) is 56.2 Å². The monoisotopic (exact) mass is 1090 g/mol. The van der Waals surface area contributed by atoms with E-state index in [-0.39, 0.29) is 11.8 Å². The molecule has 9 N–H and O–H groups in total. The molecule has 23 atom stereocenters. The molecule has 0 aromatic rings. The van der Waals surface area contributed by atoms with Gasteiger partial charge >= 0.3 is 17.9 Å². The number of esters is 3. The fourth-order valence-corrected chi connectivity index (χ4v) is 15.8. The minimum Gasteiger partial charge on any atom is -0.467 e. The number of rotatable bonds is 15. The standard InChI is InChI=1S/C58H92O19/c1-14-30(5)49(69)77-48-47(74-37(61)24-29(4)17-15-16-28(2)3)53(6,7)25-32-31-18-19-35-55(10)22-21-36(54(8,9)34(55)20-23-56(35,11)57(31,12)45(67)46(68)58(32,48)27-60)73-52-44(41(65)40(64)43(75-52)50(70)71-13)76-51-42(66)39(63)38(62)33(26-59)72-51/h16,18,24,30,32-36,38-48,51-52,59-60,62-68H,14-15,17,19-23,25-27H2,1-13H3/b29-24-/t30?,32-,33+,34-,35+,36-,38+,39-,40-,41-,42+,43-,44+,45-,46+,47-,48-,51-,52+,55-,56+,57-,58-/m0/s1. The Hall–Kier alpha value is -2.89. The second kappa shape index (κ2) is 22.8. The molecule has 2 saturated heterocycles. The van der Waals surface area contributed by atoms with Crippen molar-refractivity contribution in [3.8, 4) is 0 Å². The minimum atomic E-state index is -1.89. The van der Waals surface area contributed by atoms with E-state index in [1.807, 2.05) is 48.5 Å². The first-order valence-electron chi connectivity index (χ1n) is 28.0. The van der Waals surface area contributed by atoms with Crippen LogP contribution in [0.1, 0.15) is 141 Å². The third-order valence-electron chi connectivity index (χ3n) is 20.8. The Balaban J connectivity index is 1.21. The van der Waals surface area contributed by atoms with Crippen LogP contribution in [0.5, 0.6) is 0 Å². The van der Waals surface area contributed by atoms with Gasteiger partial charge in [0.25, 0.3) is 0 Å². The van der Waals surface area contributed by atoms with Crippen molar-refractivity contribution in [3.63, 3.8) is 0 Å². The van der Waals surface area contributed by atoms with Crippen LogP contribution in [0.25, 0.3) is 0 Å². The summed E-state index contributed by atoms with van der Waals surface area (Å²) < 4.78 is 42.2. The maximum atomic E-state index is 14.0. The van der Waals surface area contributed by atoms with E-state index in [0.29, 0.717) is 51.4 Å². The molecule has 5 aliphatic carbocycles. The van der Waals surface area contributed by atoms with Crippen LogP contribution in [-0.2, 0) is 47.5 Å². The third kappa shape index (κ3) is 10.3. The molecule has 0 spiro atoms. The highest BCUT2D eigenvalue weighted by atomic mass is 16.8. The molecule has 19 nitrogen and oxygen atoms in total. The summed E-state index contributed by atoms with van der Waals surface area (Å²) in [5, 5.41) is 103. The zero-order valence-corrected chi connectivity index (χ0v) is 47.6. The number of aliphatic hydroxyl groups excluding tert-OH is 9. The highest BCUT2D eigenvalue weighted by Crippen LogP contribution is 2.76. The average molecular weight is 1090 g/mol. The largest absolute Gasteiger partial charge is 0.467 e. The van der Waals surface area contributed by atoms with Gasteiger partial charge in [-0.3, -0.25) is 4.79 Å². The fourth-order valence-electron chi connectivity index (χ4n) is 15.8. The van der Waals surface area contributed by atoms with E-state index in [9.17, 15) is 60.3 Å². The predicted molar refractivity (Wildman–Crippen MR) is 278 cm³/mol. The molecule has 0 amide bonds. The number of hydrogen-bond acceptors (Lipinski definition) is 19. The van der Waals surface area contributed by atoms with Crippen molar-refractivity contribution in [3.05, 3.63) is 34.9 Å². The molecule has 4 saturated carbocycles. The molecule has 0 aromatic carbocycles. The van der Waals surface area contributed by atoms with E-state index in [1.54, 1.807) is 6.92 Å². The van der Waals surface area contributed by atoms with Crippen LogP contribution in [0.4, 0.5) is 0 Å². The fraction of sp³-hybridized carbons (Fsp3) is 0.845. The molecule has 0 bridgehead atoms. The zero-order valence-electron chi connectivity index (χ0n) is 47.6. The molecule has 2 heterocycles. The highest BCUT2D eigenvalue weighted by molar-refractivity contribution is 5.83.